The van der Waals surface area contributed by atoms with Crippen LogP contribution in [-0.2, 0) is 0 Å². The summed E-state index contributed by atoms with van der Waals surface area (Å²) < 4.78 is 0. The van der Waals surface area contributed by atoms with Gasteiger partial charge in [0.05, 0.1) is 17.8 Å². The van der Waals surface area contributed by atoms with E-state index in [1.165, 1.54) is 6.07 Å². The van der Waals surface area contributed by atoms with Crippen LogP contribution in [-0.4, -0.2) is 45.3 Å². The van der Waals surface area contributed by atoms with Crippen LogP contribution in [0.5, 0.6) is 0 Å². The lowest BCUT2D eigenvalue weighted by atomic mass is 10.1. The molecule has 2 rings (SSSR count). The van der Waals surface area contributed by atoms with Crippen LogP contribution in [0.3, 0.4) is 0 Å². The van der Waals surface area contributed by atoms with Crippen molar-refractivity contribution in [2.24, 2.45) is 0 Å². The Hall–Kier alpha value is -1.24. The smallest absolute Gasteiger partial charge is 0.337 e. The second-order valence-corrected chi connectivity index (χ2v) is 5.64. The number of nitrogens with zero attached hydrogens (tertiary/aromatic N) is 1. The van der Waals surface area contributed by atoms with Gasteiger partial charge < -0.3 is 20.2 Å². The molecule has 1 aliphatic heterocycles. The monoisotopic (exact) mass is 269 g/mol. The van der Waals surface area contributed by atoms with Gasteiger partial charge >= 0.3 is 5.97 Å². The van der Waals surface area contributed by atoms with E-state index in [1.54, 1.807) is 11.0 Å². The average molecular weight is 269 g/mol. The lowest BCUT2D eigenvalue weighted by Crippen LogP contribution is -2.47. The number of carbonyl (C=O) groups is 1. The quantitative estimate of drug-likeness (QED) is 0.692. The molecule has 98 valence electrons. The highest BCUT2D eigenvalue weighted by atomic mass is 32.2. The molecule has 1 heterocycles. The fourth-order valence-electron chi connectivity index (χ4n) is 2.13. The summed E-state index contributed by atoms with van der Waals surface area (Å²) in [6.45, 7) is 2.42. The van der Waals surface area contributed by atoms with Gasteiger partial charge in [0.2, 0.25) is 5.12 Å². The van der Waals surface area contributed by atoms with Crippen LogP contribution in [0.25, 0.3) is 0 Å². The second-order valence-electron chi connectivity index (χ2n) is 4.29. The Morgan fingerprint density at radius 1 is 1.44 bits per heavy atom. The topological polar surface area (TPSA) is 81.0 Å². The van der Waals surface area contributed by atoms with Crippen LogP contribution in [0, 0.1) is 6.92 Å². The van der Waals surface area contributed by atoms with E-state index in [9.17, 15) is 20.1 Å². The number of para-hydroxylation sites is 1. The third kappa shape index (κ3) is 2.60. The minimum atomic E-state index is -1.82. The maximum absolute atomic E-state index is 11.2. The molecule has 0 aliphatic carbocycles. The number of aliphatic hydroxyl groups is 2. The molecule has 0 spiro atoms. The molecule has 0 bridgehead atoms. The Morgan fingerprint density at radius 2 is 2.17 bits per heavy atom. The lowest BCUT2D eigenvalue weighted by molar-refractivity contribution is -0.0698. The maximum atomic E-state index is 11.2. The molecule has 0 amide bonds. The molecular weight excluding hydrogens is 254 g/mol. The summed E-state index contributed by atoms with van der Waals surface area (Å²) in [7, 11) is 0. The largest absolute Gasteiger partial charge is 0.478 e. The van der Waals surface area contributed by atoms with Gasteiger partial charge in [-0.25, -0.2) is 4.79 Å². The maximum Gasteiger partial charge on any atom is 0.337 e. The fourth-order valence-corrected chi connectivity index (χ4v) is 3.02. The van der Waals surface area contributed by atoms with Crippen LogP contribution in [0.4, 0.5) is 5.69 Å². The van der Waals surface area contributed by atoms with Gasteiger partial charge in [0, 0.05) is 12.3 Å². The third-order valence-corrected chi connectivity index (χ3v) is 3.85. The molecule has 0 radical (unpaired) electrons. The minimum absolute atomic E-state index is 0.00278. The normalized spacial score (nSPS) is 18.7. The van der Waals surface area contributed by atoms with E-state index >= 15 is 0 Å². The molecule has 5 nitrogen and oxygen atoms in total. The van der Waals surface area contributed by atoms with Crippen LogP contribution < -0.4 is 4.90 Å². The number of benzene rings is 1. The number of carboxylic acid groups (broad SMARTS) is 1. The fraction of sp³-hybridized carbons (Fsp3) is 0.417. The van der Waals surface area contributed by atoms with E-state index < -0.39 is 11.1 Å². The molecule has 1 fully saturated rings. The number of rotatable bonds is 2. The SMILES string of the molecule is Cc1cccc(C(=O)O)c1N1CCSC(O)(O)C1. The number of thioether (sulfide) groups is 1. The molecule has 1 aromatic rings. The molecular formula is C12H15NO4S. The van der Waals surface area contributed by atoms with E-state index in [0.717, 1.165) is 17.3 Å². The summed E-state index contributed by atoms with van der Waals surface area (Å²) in [5, 5.41) is 26.7. The van der Waals surface area contributed by atoms with E-state index in [4.69, 9.17) is 0 Å². The Morgan fingerprint density at radius 3 is 2.78 bits per heavy atom. The predicted molar refractivity (Wildman–Crippen MR) is 70.0 cm³/mol. The summed E-state index contributed by atoms with van der Waals surface area (Å²) in [5.41, 5.74) is 1.58. The van der Waals surface area contributed by atoms with Gasteiger partial charge in [0.25, 0.3) is 0 Å². The Bertz CT molecular complexity index is 475. The van der Waals surface area contributed by atoms with Crippen molar-refractivity contribution >= 4 is 23.4 Å². The van der Waals surface area contributed by atoms with Crippen molar-refractivity contribution in [3.63, 3.8) is 0 Å². The molecule has 1 aliphatic rings. The molecule has 3 N–H and O–H groups in total. The first kappa shape index (κ1) is 13.2. The van der Waals surface area contributed by atoms with Crippen molar-refractivity contribution in [3.8, 4) is 0 Å². The van der Waals surface area contributed by atoms with Crippen molar-refractivity contribution in [1.29, 1.82) is 0 Å². The van der Waals surface area contributed by atoms with Gasteiger partial charge in [-0.15, -0.1) is 0 Å². The number of aryl methyl sites for hydroxylation is 1. The van der Waals surface area contributed by atoms with Gasteiger partial charge in [-0.3, -0.25) is 0 Å². The molecule has 0 atom stereocenters. The van der Waals surface area contributed by atoms with Gasteiger partial charge in [0.1, 0.15) is 0 Å². The Labute approximate surface area is 109 Å². The van der Waals surface area contributed by atoms with Crippen molar-refractivity contribution in [2.45, 2.75) is 12.0 Å². The van der Waals surface area contributed by atoms with Gasteiger partial charge in [-0.2, -0.15) is 0 Å². The Kier molecular flexibility index (Phi) is 3.52. The zero-order valence-electron chi connectivity index (χ0n) is 9.96. The first-order chi connectivity index (χ1) is 8.41. The second kappa shape index (κ2) is 4.79. The van der Waals surface area contributed by atoms with Crippen molar-refractivity contribution in [3.05, 3.63) is 29.3 Å². The van der Waals surface area contributed by atoms with Crippen LogP contribution >= 0.6 is 11.8 Å². The van der Waals surface area contributed by atoms with Crippen LogP contribution in [0.15, 0.2) is 18.2 Å². The number of carboxylic acids is 1. The van der Waals surface area contributed by atoms with Crippen molar-refractivity contribution in [1.82, 2.24) is 0 Å². The zero-order chi connectivity index (χ0) is 13.3. The van der Waals surface area contributed by atoms with E-state index in [0.29, 0.717) is 18.0 Å². The number of hydrogen-bond acceptors (Lipinski definition) is 5. The summed E-state index contributed by atoms with van der Waals surface area (Å²) in [6.07, 6.45) is 0. The number of β-amino-alcohol motifs (C(OH)–C–C–N with tert-alkyl or cyclic N) is 2. The van der Waals surface area contributed by atoms with Gasteiger partial charge in [0.15, 0.2) is 0 Å². The Balaban J connectivity index is 2.41. The molecule has 0 saturated carbocycles. The van der Waals surface area contributed by atoms with E-state index in [1.807, 2.05) is 13.0 Å². The highest BCUT2D eigenvalue weighted by molar-refractivity contribution is 8.00. The van der Waals surface area contributed by atoms with Crippen LogP contribution in [0.1, 0.15) is 15.9 Å². The minimum Gasteiger partial charge on any atom is -0.478 e. The van der Waals surface area contributed by atoms with Gasteiger partial charge in [-0.1, -0.05) is 23.9 Å². The number of hydrogen-bond donors (Lipinski definition) is 3. The predicted octanol–water partition coefficient (Wildman–Crippen LogP) is 0.885. The van der Waals surface area contributed by atoms with Crippen LogP contribution in [0.2, 0.25) is 0 Å². The van der Waals surface area contributed by atoms with Crippen molar-refractivity contribution in [2.75, 3.05) is 23.7 Å². The summed E-state index contributed by atoms with van der Waals surface area (Å²) in [6, 6.07) is 5.04. The highest BCUT2D eigenvalue weighted by Gasteiger charge is 2.33. The summed E-state index contributed by atoms with van der Waals surface area (Å²) in [5.74, 6) is -0.464. The molecule has 1 aromatic carbocycles. The molecule has 18 heavy (non-hydrogen) atoms. The van der Waals surface area contributed by atoms with Crippen molar-refractivity contribution < 1.29 is 20.1 Å². The molecule has 6 heteroatoms. The molecule has 0 unspecified atom stereocenters. The average Bonchev–Trinajstić information content (AvgIpc) is 2.27. The summed E-state index contributed by atoms with van der Waals surface area (Å²) in [4.78, 5) is 12.9. The van der Waals surface area contributed by atoms with E-state index in [-0.39, 0.29) is 12.1 Å². The third-order valence-electron chi connectivity index (χ3n) is 2.88. The standard InChI is InChI=1S/C12H15NO4S/c1-8-3-2-4-9(11(14)15)10(8)13-5-6-18-12(16,17)7-13/h2-4,16-17H,5-7H2,1H3,(H,14,15). The summed E-state index contributed by atoms with van der Waals surface area (Å²) >= 11 is 1.06. The number of anilines is 1. The highest BCUT2D eigenvalue weighted by Crippen LogP contribution is 2.32. The van der Waals surface area contributed by atoms with Gasteiger partial charge in [-0.05, 0) is 18.6 Å². The lowest BCUT2D eigenvalue weighted by Gasteiger charge is -2.37. The first-order valence-electron chi connectivity index (χ1n) is 5.57. The zero-order valence-corrected chi connectivity index (χ0v) is 10.8. The molecule has 1 saturated heterocycles. The molecule has 0 aromatic heterocycles. The van der Waals surface area contributed by atoms with E-state index in [2.05, 4.69) is 0 Å². The number of aromatic carboxylic acids is 1. The first-order valence-corrected chi connectivity index (χ1v) is 6.56.